The van der Waals surface area contributed by atoms with E-state index in [2.05, 4.69) is 39.5 Å². The normalized spacial score (nSPS) is 33.1. The number of aliphatic hydroxyl groups is 1. The van der Waals surface area contributed by atoms with Crippen molar-refractivity contribution in [3.8, 4) is 11.1 Å². The van der Waals surface area contributed by atoms with Crippen LogP contribution in [0.2, 0.25) is 0 Å². The van der Waals surface area contributed by atoms with Gasteiger partial charge in [0.1, 0.15) is 5.82 Å². The molecule has 1 aromatic carbocycles. The summed E-state index contributed by atoms with van der Waals surface area (Å²) in [5.41, 5.74) is 9.06. The Morgan fingerprint density at radius 3 is 2.45 bits per heavy atom. The third kappa shape index (κ3) is 4.93. The summed E-state index contributed by atoms with van der Waals surface area (Å²) < 4.78 is 27.3. The number of aromatic nitrogens is 1. The number of fused-ring (bicyclic) bond motifs is 1. The maximum atomic E-state index is 13.6. The summed E-state index contributed by atoms with van der Waals surface area (Å²) in [5.74, 6) is -1.90. The Labute approximate surface area is 223 Å². The van der Waals surface area contributed by atoms with E-state index in [0.717, 1.165) is 43.5 Å². The van der Waals surface area contributed by atoms with Crippen molar-refractivity contribution in [1.82, 2.24) is 15.2 Å². The van der Waals surface area contributed by atoms with Crippen LogP contribution in [0.1, 0.15) is 80.6 Å². The van der Waals surface area contributed by atoms with Gasteiger partial charge >= 0.3 is 0 Å². The van der Waals surface area contributed by atoms with Gasteiger partial charge in [-0.15, -0.1) is 0 Å². The van der Waals surface area contributed by atoms with Gasteiger partial charge in [-0.25, -0.2) is 13.8 Å². The number of rotatable bonds is 5. The molecule has 1 saturated heterocycles. The lowest BCUT2D eigenvalue weighted by atomic mass is 9.83. The molecule has 1 amide bonds. The number of anilines is 1. The first-order valence-electron chi connectivity index (χ1n) is 14.1. The summed E-state index contributed by atoms with van der Waals surface area (Å²) in [6.45, 7) is 3.81. The number of pyridine rings is 1. The van der Waals surface area contributed by atoms with E-state index < -0.39 is 11.5 Å². The average Bonchev–Trinajstić information content (AvgIpc) is 3.46. The number of benzene rings is 1. The van der Waals surface area contributed by atoms with E-state index >= 15 is 0 Å². The molecule has 4 N–H and O–H groups in total. The first-order valence-corrected chi connectivity index (χ1v) is 14.1. The van der Waals surface area contributed by atoms with Gasteiger partial charge in [-0.3, -0.25) is 9.69 Å². The molecule has 6 rings (SSSR count). The topological polar surface area (TPSA) is 91.5 Å². The predicted molar refractivity (Wildman–Crippen MR) is 143 cm³/mol. The van der Waals surface area contributed by atoms with Crippen molar-refractivity contribution in [2.75, 3.05) is 18.8 Å². The van der Waals surface area contributed by atoms with Gasteiger partial charge in [0.15, 0.2) is 0 Å². The van der Waals surface area contributed by atoms with E-state index in [1.165, 1.54) is 5.56 Å². The van der Waals surface area contributed by atoms with E-state index in [-0.39, 0.29) is 42.1 Å². The second kappa shape index (κ2) is 9.26. The summed E-state index contributed by atoms with van der Waals surface area (Å²) >= 11 is 0. The molecule has 38 heavy (non-hydrogen) atoms. The smallest absolute Gasteiger partial charge is 0.255 e. The van der Waals surface area contributed by atoms with Crippen LogP contribution < -0.4 is 11.1 Å². The molecule has 1 aliphatic heterocycles. The lowest BCUT2D eigenvalue weighted by molar-refractivity contribution is -0.0526. The Bertz CT molecular complexity index is 1200. The number of carbonyl (C=O) groups is 1. The molecule has 3 aliphatic carbocycles. The van der Waals surface area contributed by atoms with Crippen molar-refractivity contribution >= 4 is 11.7 Å². The number of likely N-dealkylation sites (tertiary alicyclic amines) is 1. The number of hydrogen-bond donors (Lipinski definition) is 3. The molecule has 4 fully saturated rings. The number of amides is 1. The highest BCUT2D eigenvalue weighted by Crippen LogP contribution is 2.60. The fraction of sp³-hybridized carbons (Fsp3) is 0.600. The van der Waals surface area contributed by atoms with Gasteiger partial charge in [-0.05, 0) is 75.0 Å². The highest BCUT2D eigenvalue weighted by atomic mass is 19.3. The molecule has 204 valence electrons. The van der Waals surface area contributed by atoms with Crippen molar-refractivity contribution in [1.29, 1.82) is 0 Å². The van der Waals surface area contributed by atoms with Crippen molar-refractivity contribution < 1.29 is 18.7 Å². The second-order valence-electron chi connectivity index (χ2n) is 12.6. The van der Waals surface area contributed by atoms with E-state index in [1.807, 2.05) is 6.92 Å². The number of hydrogen-bond acceptors (Lipinski definition) is 5. The van der Waals surface area contributed by atoms with Gasteiger partial charge in [0.2, 0.25) is 5.92 Å². The predicted octanol–water partition coefficient (Wildman–Crippen LogP) is 4.91. The maximum absolute atomic E-state index is 13.6. The van der Waals surface area contributed by atoms with Crippen LogP contribution in [0, 0.1) is 5.92 Å². The number of carbonyl (C=O) groups excluding carboxylic acids is 1. The average molecular weight is 525 g/mol. The summed E-state index contributed by atoms with van der Waals surface area (Å²) in [4.78, 5) is 19.8. The van der Waals surface area contributed by atoms with Crippen LogP contribution in [0.15, 0.2) is 36.5 Å². The van der Waals surface area contributed by atoms with Crippen molar-refractivity contribution in [2.24, 2.45) is 5.92 Å². The van der Waals surface area contributed by atoms with Crippen LogP contribution in [0.4, 0.5) is 14.6 Å². The number of nitrogen functional groups attached to an aromatic ring is 1. The minimum atomic E-state index is -2.48. The van der Waals surface area contributed by atoms with Crippen LogP contribution in [0.3, 0.4) is 0 Å². The molecule has 0 bridgehead atoms. The van der Waals surface area contributed by atoms with Crippen LogP contribution in [0.25, 0.3) is 11.1 Å². The van der Waals surface area contributed by atoms with E-state index in [9.17, 15) is 18.7 Å². The van der Waals surface area contributed by atoms with Gasteiger partial charge in [0.25, 0.3) is 5.91 Å². The number of nitrogens with two attached hydrogens (primary N) is 1. The molecular weight excluding hydrogens is 486 g/mol. The first-order chi connectivity index (χ1) is 18.0. The van der Waals surface area contributed by atoms with Crippen molar-refractivity contribution in [3.63, 3.8) is 0 Å². The van der Waals surface area contributed by atoms with Crippen molar-refractivity contribution in [3.05, 3.63) is 47.7 Å². The zero-order chi connectivity index (χ0) is 26.7. The summed E-state index contributed by atoms with van der Waals surface area (Å²) in [7, 11) is 0. The van der Waals surface area contributed by atoms with Crippen LogP contribution in [0.5, 0.6) is 0 Å². The summed E-state index contributed by atoms with van der Waals surface area (Å²) in [5, 5.41) is 13.2. The Balaban J connectivity index is 1.12. The highest BCUT2D eigenvalue weighted by Gasteiger charge is 2.61. The molecule has 2 heterocycles. The third-order valence-corrected chi connectivity index (χ3v) is 9.73. The van der Waals surface area contributed by atoms with Crippen LogP contribution >= 0.6 is 0 Å². The minimum absolute atomic E-state index is 0.0128. The highest BCUT2D eigenvalue weighted by molar-refractivity contribution is 5.99. The molecule has 2 aromatic rings. The number of nitrogens with zero attached hydrogens (tertiary/aromatic N) is 2. The van der Waals surface area contributed by atoms with Gasteiger partial charge in [-0.1, -0.05) is 24.3 Å². The molecule has 1 aromatic heterocycles. The zero-order valence-electron chi connectivity index (χ0n) is 22.1. The first kappa shape index (κ1) is 25.7. The number of halogens is 2. The van der Waals surface area contributed by atoms with Gasteiger partial charge < -0.3 is 16.2 Å². The largest absolute Gasteiger partial charge is 0.390 e. The third-order valence-electron chi connectivity index (χ3n) is 9.73. The van der Waals surface area contributed by atoms with E-state index in [4.69, 9.17) is 5.73 Å². The number of nitrogens with one attached hydrogen (secondary N) is 1. The molecule has 3 saturated carbocycles. The lowest BCUT2D eigenvalue weighted by Gasteiger charge is -2.36. The van der Waals surface area contributed by atoms with Crippen molar-refractivity contribution in [2.45, 2.75) is 93.7 Å². The Morgan fingerprint density at radius 1 is 1.08 bits per heavy atom. The fourth-order valence-electron chi connectivity index (χ4n) is 7.09. The molecule has 6 nitrogen and oxygen atoms in total. The zero-order valence-corrected chi connectivity index (χ0v) is 22.1. The van der Waals surface area contributed by atoms with E-state index in [0.29, 0.717) is 37.2 Å². The SMILES string of the molecule is C[C@]1(O)CC[C@H](NC(=O)c2cc(-c3ccc([C@@]45C[C@@H]4CN(C4CCC(F)(F)CC4)C5)cc3)cnc2N)CC1. The molecule has 0 unspecified atom stereocenters. The molecule has 8 heteroatoms. The van der Waals surface area contributed by atoms with Gasteiger partial charge in [-0.2, -0.15) is 0 Å². The molecular formula is C30H38F2N4O2. The monoisotopic (exact) mass is 524 g/mol. The Morgan fingerprint density at radius 2 is 1.76 bits per heavy atom. The second-order valence-corrected chi connectivity index (χ2v) is 12.6. The quantitative estimate of drug-likeness (QED) is 0.517. The molecule has 4 aliphatic rings. The number of piperidine rings is 1. The molecule has 0 radical (unpaired) electrons. The standard InChI is InChI=1S/C30H38F2N4O2/c1-28(38)10-6-23(7-11-28)35-27(37)25-14-20(16-34-26(25)33)19-2-4-21(5-3-19)29-15-22(29)17-36(18-29)24-8-12-30(31,32)13-9-24/h2-5,14,16,22-24,38H,6-13,15,17-18H2,1H3,(H2,33,34)(H,35,37)/t22-,23-,28-,29+/m1/s1. The van der Waals surface area contributed by atoms with Gasteiger partial charge in [0, 0.05) is 55.2 Å². The molecule has 2 atom stereocenters. The Hall–Kier alpha value is -2.58. The van der Waals surface area contributed by atoms with E-state index in [1.54, 1.807) is 12.3 Å². The summed E-state index contributed by atoms with van der Waals surface area (Å²) in [6, 6.07) is 10.6. The summed E-state index contributed by atoms with van der Waals surface area (Å²) in [6.07, 6.45) is 6.87. The van der Waals surface area contributed by atoms with Gasteiger partial charge in [0.05, 0.1) is 11.2 Å². The van der Waals surface area contributed by atoms with Crippen LogP contribution in [-0.4, -0.2) is 57.6 Å². The fourth-order valence-corrected chi connectivity index (χ4v) is 7.09. The maximum Gasteiger partial charge on any atom is 0.255 e. The number of alkyl halides is 2. The molecule has 0 spiro atoms. The Kier molecular flexibility index (Phi) is 6.26. The lowest BCUT2D eigenvalue weighted by Crippen LogP contribution is -2.42. The van der Waals surface area contributed by atoms with Crippen LogP contribution in [-0.2, 0) is 5.41 Å². The minimum Gasteiger partial charge on any atom is -0.390 e.